The van der Waals surface area contributed by atoms with Gasteiger partial charge in [-0.25, -0.2) is 9.37 Å². The third-order valence-corrected chi connectivity index (χ3v) is 4.47. The predicted octanol–water partition coefficient (Wildman–Crippen LogP) is 5.38. The maximum absolute atomic E-state index is 13.4. The van der Waals surface area contributed by atoms with Crippen LogP contribution < -0.4 is 0 Å². The Morgan fingerprint density at radius 2 is 2.05 bits per heavy atom. The average molecular weight is 415 g/mol. The fourth-order valence-electron chi connectivity index (χ4n) is 2.49. The number of hydrogen-bond acceptors (Lipinski definition) is 1. The molecule has 21 heavy (non-hydrogen) atoms. The van der Waals surface area contributed by atoms with Gasteiger partial charge in [0.2, 0.25) is 0 Å². The maximum atomic E-state index is 13.4. The molecule has 0 fully saturated rings. The molecule has 0 saturated heterocycles. The SMILES string of the molecule is Cc1cccc2nc(C(C)Cl)n(-c3ccc(F)cc3I)c12. The Morgan fingerprint density at radius 1 is 1.29 bits per heavy atom. The second-order valence-electron chi connectivity index (χ2n) is 4.96. The second-order valence-corrected chi connectivity index (χ2v) is 6.78. The molecule has 0 aliphatic carbocycles. The summed E-state index contributed by atoms with van der Waals surface area (Å²) in [5.74, 6) is 0.523. The fraction of sp³-hybridized carbons (Fsp3) is 0.188. The van der Waals surface area contributed by atoms with Crippen molar-refractivity contribution >= 4 is 45.2 Å². The van der Waals surface area contributed by atoms with E-state index in [2.05, 4.69) is 27.6 Å². The van der Waals surface area contributed by atoms with Gasteiger partial charge in [-0.1, -0.05) is 12.1 Å². The molecule has 1 unspecified atom stereocenters. The highest BCUT2D eigenvalue weighted by Gasteiger charge is 2.19. The molecule has 0 radical (unpaired) electrons. The van der Waals surface area contributed by atoms with Gasteiger partial charge >= 0.3 is 0 Å². The molecule has 2 nitrogen and oxygen atoms in total. The van der Waals surface area contributed by atoms with E-state index in [4.69, 9.17) is 11.6 Å². The number of benzene rings is 2. The Hall–Kier alpha value is -1.14. The van der Waals surface area contributed by atoms with Gasteiger partial charge in [-0.2, -0.15) is 0 Å². The molecule has 0 aliphatic rings. The number of alkyl halides is 1. The average Bonchev–Trinajstić information content (AvgIpc) is 2.80. The van der Waals surface area contributed by atoms with Gasteiger partial charge < -0.3 is 0 Å². The van der Waals surface area contributed by atoms with Gasteiger partial charge in [0.05, 0.1) is 22.1 Å². The fourth-order valence-corrected chi connectivity index (χ4v) is 3.35. The van der Waals surface area contributed by atoms with Gasteiger partial charge in [0.15, 0.2) is 0 Å². The van der Waals surface area contributed by atoms with E-state index < -0.39 is 0 Å². The van der Waals surface area contributed by atoms with Crippen molar-refractivity contribution < 1.29 is 4.39 Å². The van der Waals surface area contributed by atoms with Crippen LogP contribution in [0.15, 0.2) is 36.4 Å². The third kappa shape index (κ3) is 2.55. The zero-order valence-electron chi connectivity index (χ0n) is 11.6. The minimum absolute atomic E-state index is 0.238. The summed E-state index contributed by atoms with van der Waals surface area (Å²) in [6.07, 6.45) is 0. The topological polar surface area (TPSA) is 17.8 Å². The monoisotopic (exact) mass is 414 g/mol. The molecule has 0 aliphatic heterocycles. The predicted molar refractivity (Wildman–Crippen MR) is 92.8 cm³/mol. The lowest BCUT2D eigenvalue weighted by Gasteiger charge is -2.13. The molecule has 1 aromatic heterocycles. The van der Waals surface area contributed by atoms with E-state index in [1.807, 2.05) is 36.6 Å². The Labute approximate surface area is 141 Å². The van der Waals surface area contributed by atoms with Gasteiger partial charge in [0, 0.05) is 3.57 Å². The normalized spacial score (nSPS) is 12.8. The van der Waals surface area contributed by atoms with Crippen molar-refractivity contribution in [2.45, 2.75) is 19.2 Å². The lowest BCUT2D eigenvalue weighted by molar-refractivity contribution is 0.626. The van der Waals surface area contributed by atoms with Crippen LogP contribution in [0.5, 0.6) is 0 Å². The first-order valence-electron chi connectivity index (χ1n) is 6.56. The van der Waals surface area contributed by atoms with Gasteiger partial charge in [-0.05, 0) is 66.3 Å². The number of rotatable bonds is 2. The van der Waals surface area contributed by atoms with Crippen molar-refractivity contribution in [3.8, 4) is 5.69 Å². The standard InChI is InChI=1S/C16H13ClFIN2/c1-9-4-3-5-13-15(9)21(16(20-13)10(2)17)14-7-6-11(18)8-12(14)19/h3-8,10H,1-2H3. The number of nitrogens with zero attached hydrogens (tertiary/aromatic N) is 2. The van der Waals surface area contributed by atoms with Crippen LogP contribution in [0.4, 0.5) is 4.39 Å². The third-order valence-electron chi connectivity index (χ3n) is 3.41. The van der Waals surface area contributed by atoms with E-state index in [1.165, 1.54) is 12.1 Å². The molecule has 2 aromatic carbocycles. The zero-order valence-corrected chi connectivity index (χ0v) is 14.5. The van der Waals surface area contributed by atoms with Crippen molar-refractivity contribution in [3.63, 3.8) is 0 Å². The second kappa shape index (κ2) is 5.57. The van der Waals surface area contributed by atoms with Crippen LogP contribution >= 0.6 is 34.2 Å². The van der Waals surface area contributed by atoms with Crippen molar-refractivity contribution in [2.24, 2.45) is 0 Å². The molecule has 5 heteroatoms. The molecule has 0 spiro atoms. The molecular formula is C16H13ClFIN2. The van der Waals surface area contributed by atoms with Crippen LogP contribution in [0.1, 0.15) is 23.7 Å². The number of fused-ring (bicyclic) bond motifs is 1. The Morgan fingerprint density at radius 3 is 2.71 bits per heavy atom. The first-order chi connectivity index (χ1) is 9.99. The lowest BCUT2D eigenvalue weighted by Crippen LogP contribution is -2.04. The van der Waals surface area contributed by atoms with Crippen molar-refractivity contribution in [1.82, 2.24) is 9.55 Å². The summed E-state index contributed by atoms with van der Waals surface area (Å²) in [4.78, 5) is 4.65. The number of hydrogen-bond donors (Lipinski definition) is 0. The molecule has 0 N–H and O–H groups in total. The molecule has 108 valence electrons. The highest BCUT2D eigenvalue weighted by molar-refractivity contribution is 14.1. The van der Waals surface area contributed by atoms with Crippen LogP contribution in [-0.2, 0) is 0 Å². The summed E-state index contributed by atoms with van der Waals surface area (Å²) in [6.45, 7) is 3.94. The Balaban J connectivity index is 2.41. The summed E-state index contributed by atoms with van der Waals surface area (Å²) in [6, 6.07) is 10.7. The zero-order chi connectivity index (χ0) is 15.1. The van der Waals surface area contributed by atoms with Crippen molar-refractivity contribution in [3.05, 3.63) is 57.2 Å². The van der Waals surface area contributed by atoms with Gasteiger partial charge in [-0.15, -0.1) is 11.6 Å². The van der Waals surface area contributed by atoms with Crippen LogP contribution in [-0.4, -0.2) is 9.55 Å². The van der Waals surface area contributed by atoms with E-state index >= 15 is 0 Å². The Kier molecular flexibility index (Phi) is 3.92. The molecule has 3 rings (SSSR count). The van der Waals surface area contributed by atoms with Crippen molar-refractivity contribution in [2.75, 3.05) is 0 Å². The summed E-state index contributed by atoms with van der Waals surface area (Å²) >= 11 is 8.45. The van der Waals surface area contributed by atoms with E-state index in [0.717, 1.165) is 31.7 Å². The smallest absolute Gasteiger partial charge is 0.132 e. The quantitative estimate of drug-likeness (QED) is 0.407. The number of imidazole rings is 1. The summed E-state index contributed by atoms with van der Waals surface area (Å²) < 4.78 is 16.2. The number of aryl methyl sites for hydroxylation is 1. The number of aromatic nitrogens is 2. The summed E-state index contributed by atoms with van der Waals surface area (Å²) in [5.41, 5.74) is 3.93. The number of halogens is 3. The molecule has 0 amide bonds. The highest BCUT2D eigenvalue weighted by Crippen LogP contribution is 2.31. The van der Waals surface area contributed by atoms with E-state index in [1.54, 1.807) is 6.07 Å². The van der Waals surface area contributed by atoms with E-state index in [-0.39, 0.29) is 11.2 Å². The molecule has 1 atom stereocenters. The molecule has 0 saturated carbocycles. The van der Waals surface area contributed by atoms with Crippen LogP contribution in [0.25, 0.3) is 16.7 Å². The first-order valence-corrected chi connectivity index (χ1v) is 8.08. The minimum atomic E-state index is -0.246. The van der Waals surface area contributed by atoms with Gasteiger partial charge in [0.1, 0.15) is 11.6 Å². The largest absolute Gasteiger partial charge is 0.294 e. The van der Waals surface area contributed by atoms with Crippen LogP contribution in [0.2, 0.25) is 0 Å². The summed E-state index contributed by atoms with van der Waals surface area (Å²) in [7, 11) is 0. The molecule has 1 heterocycles. The maximum Gasteiger partial charge on any atom is 0.132 e. The molecule has 0 bridgehead atoms. The number of para-hydroxylation sites is 1. The Bertz CT molecular complexity index is 827. The van der Waals surface area contributed by atoms with Crippen LogP contribution in [0.3, 0.4) is 0 Å². The first kappa shape index (κ1) is 14.8. The minimum Gasteiger partial charge on any atom is -0.294 e. The molecule has 3 aromatic rings. The molecular weight excluding hydrogens is 402 g/mol. The van der Waals surface area contributed by atoms with Crippen LogP contribution in [0, 0.1) is 16.3 Å². The highest BCUT2D eigenvalue weighted by atomic mass is 127. The van der Waals surface area contributed by atoms with Gasteiger partial charge in [-0.3, -0.25) is 4.57 Å². The van der Waals surface area contributed by atoms with E-state index in [0.29, 0.717) is 0 Å². The van der Waals surface area contributed by atoms with Gasteiger partial charge in [0.25, 0.3) is 0 Å². The van der Waals surface area contributed by atoms with E-state index in [9.17, 15) is 4.39 Å². The summed E-state index contributed by atoms with van der Waals surface area (Å²) in [5, 5.41) is -0.238. The van der Waals surface area contributed by atoms with Crippen molar-refractivity contribution in [1.29, 1.82) is 0 Å². The lowest BCUT2D eigenvalue weighted by atomic mass is 10.2.